The van der Waals surface area contributed by atoms with Gasteiger partial charge in [-0.3, -0.25) is 15.0 Å². The van der Waals surface area contributed by atoms with E-state index in [2.05, 4.69) is 56.8 Å². The summed E-state index contributed by atoms with van der Waals surface area (Å²) in [7, 11) is 1.50. The average Bonchev–Trinajstić information content (AvgIpc) is 3.54. The first-order valence-corrected chi connectivity index (χ1v) is 14.9. The van der Waals surface area contributed by atoms with Gasteiger partial charge in [0.1, 0.15) is 17.5 Å². The van der Waals surface area contributed by atoms with Gasteiger partial charge in [0.15, 0.2) is 5.82 Å². The molecule has 46 heavy (non-hydrogen) atoms. The van der Waals surface area contributed by atoms with Crippen LogP contribution in [0.1, 0.15) is 36.8 Å². The largest absolute Gasteiger partial charge is 0.467 e. The van der Waals surface area contributed by atoms with Crippen molar-refractivity contribution in [2.24, 2.45) is 0 Å². The molecule has 5 aromatic rings. The molecule has 15 heteroatoms. The Morgan fingerprint density at radius 2 is 1.80 bits per heavy atom. The second kappa shape index (κ2) is 14.0. The molecule has 1 fully saturated rings. The number of amides is 2. The minimum Gasteiger partial charge on any atom is -0.467 e. The van der Waals surface area contributed by atoms with E-state index in [0.717, 1.165) is 18.4 Å². The number of halogens is 1. The lowest BCUT2D eigenvalue weighted by atomic mass is 9.90. The van der Waals surface area contributed by atoms with Crippen LogP contribution in [0.15, 0.2) is 67.5 Å². The minimum absolute atomic E-state index is 0.0458. The topological polar surface area (TPSA) is 183 Å². The van der Waals surface area contributed by atoms with Crippen molar-refractivity contribution in [1.82, 2.24) is 45.4 Å². The number of ether oxygens (including phenoxy) is 1. The first-order valence-electron chi connectivity index (χ1n) is 14.5. The van der Waals surface area contributed by atoms with Crippen LogP contribution in [0.4, 0.5) is 16.6 Å². The quantitative estimate of drug-likeness (QED) is 0.202. The monoisotopic (exact) mass is 636 g/mol. The first-order chi connectivity index (χ1) is 22.5. The zero-order valence-electron chi connectivity index (χ0n) is 24.8. The van der Waals surface area contributed by atoms with Crippen molar-refractivity contribution >= 4 is 29.4 Å². The van der Waals surface area contributed by atoms with Crippen molar-refractivity contribution in [3.05, 3.63) is 83.7 Å². The zero-order valence-corrected chi connectivity index (χ0v) is 25.5. The number of nitriles is 1. The molecule has 2 amide bonds. The standard InChI is InChI=1S/C31H29ClN12O2/c1-46-30-37-14-21(15-38-30)25-17-35-26(18-34-25)44(31(45)39-12-19-5-3-2-4-6-19)23-9-7-22(8-10-23)41-29-36-13-20(11-33)27(42-29)28-24(32)16-40-43-28/h2-6,13-18,22-23H,7-10,12H2,1H3,(H,39,45)(H,40,43)(H,36,41,42)/t22-,23-. The molecule has 1 aliphatic rings. The van der Waals surface area contributed by atoms with Gasteiger partial charge in [0, 0.05) is 42.8 Å². The molecule has 3 N–H and O–H groups in total. The van der Waals surface area contributed by atoms with Gasteiger partial charge < -0.3 is 15.4 Å². The van der Waals surface area contributed by atoms with Crippen LogP contribution in [0.3, 0.4) is 0 Å². The van der Waals surface area contributed by atoms with Gasteiger partial charge in [-0.2, -0.15) is 10.4 Å². The number of H-pyrrole nitrogens is 1. The molecule has 0 radical (unpaired) electrons. The lowest BCUT2D eigenvalue weighted by molar-refractivity contribution is 0.240. The fraction of sp³-hybridized carbons (Fsp3) is 0.258. The highest BCUT2D eigenvalue weighted by atomic mass is 35.5. The smallest absolute Gasteiger partial charge is 0.323 e. The molecule has 4 aromatic heterocycles. The molecule has 0 bridgehead atoms. The molecule has 0 spiro atoms. The highest BCUT2D eigenvalue weighted by molar-refractivity contribution is 6.32. The Hall–Kier alpha value is -5.68. The van der Waals surface area contributed by atoms with E-state index >= 15 is 0 Å². The number of carbonyl (C=O) groups excluding carboxylic acids is 1. The van der Waals surface area contributed by atoms with E-state index < -0.39 is 0 Å². The number of hydrogen-bond donors (Lipinski definition) is 3. The third-order valence-electron chi connectivity index (χ3n) is 7.62. The van der Waals surface area contributed by atoms with Crippen LogP contribution in [0.5, 0.6) is 6.01 Å². The summed E-state index contributed by atoms with van der Waals surface area (Å²) in [5, 5.41) is 23.2. The van der Waals surface area contributed by atoms with Gasteiger partial charge in [-0.25, -0.2) is 29.7 Å². The fourth-order valence-electron chi connectivity index (χ4n) is 5.28. The normalized spacial score (nSPS) is 15.8. The highest BCUT2D eigenvalue weighted by Crippen LogP contribution is 2.30. The minimum atomic E-state index is -0.258. The second-order valence-corrected chi connectivity index (χ2v) is 10.9. The lowest BCUT2D eigenvalue weighted by Gasteiger charge is -2.36. The van der Waals surface area contributed by atoms with Crippen LogP contribution in [-0.4, -0.2) is 65.3 Å². The number of methoxy groups -OCH3 is 1. The molecule has 14 nitrogen and oxygen atoms in total. The molecule has 0 atom stereocenters. The summed E-state index contributed by atoms with van der Waals surface area (Å²) in [6.45, 7) is 0.375. The van der Waals surface area contributed by atoms with Crippen molar-refractivity contribution in [3.63, 3.8) is 0 Å². The van der Waals surface area contributed by atoms with Gasteiger partial charge >= 0.3 is 12.0 Å². The molecule has 0 saturated heterocycles. The maximum Gasteiger partial charge on any atom is 0.323 e. The predicted molar refractivity (Wildman–Crippen MR) is 170 cm³/mol. The Bertz CT molecular complexity index is 1820. The summed E-state index contributed by atoms with van der Waals surface area (Å²) >= 11 is 6.24. The van der Waals surface area contributed by atoms with Gasteiger partial charge in [0.25, 0.3) is 0 Å². The van der Waals surface area contributed by atoms with Gasteiger partial charge in [-0.15, -0.1) is 0 Å². The molecule has 1 aromatic carbocycles. The first kappa shape index (κ1) is 30.4. The summed E-state index contributed by atoms with van der Waals surface area (Å²) in [6.07, 6.45) is 12.3. The van der Waals surface area contributed by atoms with Gasteiger partial charge in [0.05, 0.1) is 42.0 Å². The lowest BCUT2D eigenvalue weighted by Crippen LogP contribution is -2.49. The van der Waals surface area contributed by atoms with Crippen molar-refractivity contribution in [1.29, 1.82) is 5.26 Å². The van der Waals surface area contributed by atoms with Crippen molar-refractivity contribution in [2.75, 3.05) is 17.3 Å². The number of aromatic amines is 1. The highest BCUT2D eigenvalue weighted by Gasteiger charge is 2.31. The SMILES string of the molecule is COc1ncc(-c2cnc(N(C(=O)NCc3ccccc3)[C@H]3CC[C@H](Nc4ncc(C#N)c(-c5n[nH]cc5Cl)n4)CC3)cn2)cn1. The summed E-state index contributed by atoms with van der Waals surface area (Å²) in [4.78, 5) is 41.7. The van der Waals surface area contributed by atoms with E-state index in [1.165, 1.54) is 19.5 Å². The Kier molecular flexibility index (Phi) is 9.21. The van der Waals surface area contributed by atoms with Crippen LogP contribution in [0.2, 0.25) is 5.02 Å². The Labute approximate surface area is 269 Å². The van der Waals surface area contributed by atoms with E-state index in [1.54, 1.807) is 29.7 Å². The van der Waals surface area contributed by atoms with Crippen molar-refractivity contribution in [3.8, 4) is 34.7 Å². The predicted octanol–water partition coefficient (Wildman–Crippen LogP) is 4.79. The molecule has 0 unspecified atom stereocenters. The third kappa shape index (κ3) is 6.84. The number of nitrogens with zero attached hydrogens (tertiary/aromatic N) is 9. The fourth-order valence-corrected chi connectivity index (χ4v) is 5.46. The second-order valence-electron chi connectivity index (χ2n) is 10.5. The Morgan fingerprint density at radius 1 is 1.02 bits per heavy atom. The molecule has 0 aliphatic heterocycles. The van der Waals surface area contributed by atoms with Crippen molar-refractivity contribution < 1.29 is 9.53 Å². The summed E-state index contributed by atoms with van der Waals surface area (Å²) in [6, 6.07) is 11.7. The zero-order chi connectivity index (χ0) is 31.9. The Balaban J connectivity index is 1.17. The van der Waals surface area contributed by atoms with Crippen LogP contribution >= 0.6 is 11.6 Å². The van der Waals surface area contributed by atoms with Crippen LogP contribution < -0.4 is 20.3 Å². The van der Waals surface area contributed by atoms with E-state index in [1.807, 2.05) is 30.3 Å². The molecular weight excluding hydrogens is 608 g/mol. The van der Waals surface area contributed by atoms with Gasteiger partial charge in [-0.1, -0.05) is 41.9 Å². The summed E-state index contributed by atoms with van der Waals surface area (Å²) in [5.41, 5.74) is 3.24. The number of anilines is 2. The van der Waals surface area contributed by atoms with Gasteiger partial charge in [-0.05, 0) is 31.2 Å². The molecular formula is C31H29ClN12O2. The summed E-state index contributed by atoms with van der Waals surface area (Å²) in [5.74, 6) is 0.814. The molecule has 232 valence electrons. The molecule has 6 rings (SSSR count). The average molecular weight is 637 g/mol. The number of carbonyl (C=O) groups is 1. The molecule has 1 aliphatic carbocycles. The third-order valence-corrected chi connectivity index (χ3v) is 7.91. The van der Waals surface area contributed by atoms with E-state index in [9.17, 15) is 10.1 Å². The number of urea groups is 1. The van der Waals surface area contributed by atoms with Crippen LogP contribution in [-0.2, 0) is 6.54 Å². The number of aromatic nitrogens is 8. The number of nitrogens with one attached hydrogen (secondary N) is 3. The maximum absolute atomic E-state index is 13.7. The summed E-state index contributed by atoms with van der Waals surface area (Å²) < 4.78 is 5.04. The number of hydrogen-bond acceptors (Lipinski definition) is 11. The van der Waals surface area contributed by atoms with E-state index in [-0.39, 0.29) is 29.7 Å². The van der Waals surface area contributed by atoms with Crippen LogP contribution in [0.25, 0.3) is 22.6 Å². The van der Waals surface area contributed by atoms with Crippen molar-refractivity contribution in [2.45, 2.75) is 44.3 Å². The number of rotatable bonds is 9. The Morgan fingerprint density at radius 3 is 2.46 bits per heavy atom. The van der Waals surface area contributed by atoms with E-state index in [0.29, 0.717) is 58.8 Å². The molecule has 4 heterocycles. The van der Waals surface area contributed by atoms with E-state index in [4.69, 9.17) is 16.3 Å². The van der Waals surface area contributed by atoms with Crippen LogP contribution in [0, 0.1) is 11.3 Å². The van der Waals surface area contributed by atoms with Gasteiger partial charge in [0.2, 0.25) is 5.95 Å². The maximum atomic E-state index is 13.7. The number of benzene rings is 1. The molecule has 1 saturated carbocycles.